The number of carbonyl (C=O) groups is 2. The zero-order valence-corrected chi connectivity index (χ0v) is 13.0. The molecule has 1 heterocycles. The molecule has 0 saturated heterocycles. The fourth-order valence-electron chi connectivity index (χ4n) is 2.51. The average molecular weight is 304 g/mol. The first-order valence-corrected chi connectivity index (χ1v) is 7.09. The number of amides is 2. The second-order valence-electron chi connectivity index (χ2n) is 4.89. The van der Waals surface area contributed by atoms with Crippen LogP contribution in [0.5, 0.6) is 0 Å². The van der Waals surface area contributed by atoms with Crippen molar-refractivity contribution in [2.75, 3.05) is 20.4 Å². The Labute approximate surface area is 129 Å². The standard InChI is InChI=1S/C16H20N2O4/c1-4-22-15(19)13-11(2)17-16(20)18(10-21-3)14(13)12-8-6-5-7-9-12/h5-9,14H,4,10H2,1-3H3,(H,17,20). The smallest absolute Gasteiger partial charge is 0.338 e. The lowest BCUT2D eigenvalue weighted by atomic mass is 9.94. The highest BCUT2D eigenvalue weighted by Gasteiger charge is 2.38. The van der Waals surface area contributed by atoms with Crippen molar-refractivity contribution in [3.63, 3.8) is 0 Å². The number of esters is 1. The molecule has 0 spiro atoms. The van der Waals surface area contributed by atoms with Gasteiger partial charge in [0, 0.05) is 12.8 Å². The third kappa shape index (κ3) is 3.12. The number of rotatable bonds is 5. The first kappa shape index (κ1) is 16.0. The van der Waals surface area contributed by atoms with E-state index in [-0.39, 0.29) is 19.4 Å². The predicted octanol–water partition coefficient (Wildman–Crippen LogP) is 2.19. The van der Waals surface area contributed by atoms with E-state index in [1.807, 2.05) is 30.3 Å². The summed E-state index contributed by atoms with van der Waals surface area (Å²) in [6.07, 6.45) is 0. The van der Waals surface area contributed by atoms with Crippen LogP contribution in [0.1, 0.15) is 25.5 Å². The molecule has 0 fully saturated rings. The van der Waals surface area contributed by atoms with Crippen LogP contribution < -0.4 is 5.32 Å². The molecule has 118 valence electrons. The fourth-order valence-corrected chi connectivity index (χ4v) is 2.51. The molecule has 1 unspecified atom stereocenters. The Morgan fingerprint density at radius 1 is 1.32 bits per heavy atom. The summed E-state index contributed by atoms with van der Waals surface area (Å²) in [6.45, 7) is 3.79. The fraction of sp³-hybridized carbons (Fsp3) is 0.375. The Hall–Kier alpha value is -2.34. The topological polar surface area (TPSA) is 67.9 Å². The molecule has 1 aromatic carbocycles. The van der Waals surface area contributed by atoms with E-state index in [1.165, 1.54) is 12.0 Å². The molecule has 22 heavy (non-hydrogen) atoms. The van der Waals surface area contributed by atoms with Crippen molar-refractivity contribution in [3.05, 3.63) is 47.2 Å². The molecule has 2 amide bonds. The van der Waals surface area contributed by atoms with Crippen LogP contribution in [0.15, 0.2) is 41.6 Å². The van der Waals surface area contributed by atoms with E-state index in [2.05, 4.69) is 5.32 Å². The van der Waals surface area contributed by atoms with E-state index in [0.717, 1.165) is 5.56 Å². The third-order valence-corrected chi connectivity index (χ3v) is 3.42. The van der Waals surface area contributed by atoms with E-state index >= 15 is 0 Å². The van der Waals surface area contributed by atoms with Gasteiger partial charge in [0.1, 0.15) is 6.73 Å². The second kappa shape index (κ2) is 7.09. The van der Waals surface area contributed by atoms with Gasteiger partial charge < -0.3 is 14.8 Å². The molecule has 0 radical (unpaired) electrons. The van der Waals surface area contributed by atoms with Crippen LogP contribution in [0, 0.1) is 0 Å². The second-order valence-corrected chi connectivity index (χ2v) is 4.89. The van der Waals surface area contributed by atoms with Crippen molar-refractivity contribution < 1.29 is 19.1 Å². The number of hydrogen-bond acceptors (Lipinski definition) is 4. The van der Waals surface area contributed by atoms with Crippen LogP contribution in [0.2, 0.25) is 0 Å². The molecule has 1 N–H and O–H groups in total. The Balaban J connectivity index is 2.52. The zero-order chi connectivity index (χ0) is 16.1. The normalized spacial score (nSPS) is 18.2. The number of nitrogens with zero attached hydrogens (tertiary/aromatic N) is 1. The lowest BCUT2D eigenvalue weighted by Crippen LogP contribution is -2.49. The van der Waals surface area contributed by atoms with Crippen LogP contribution in [-0.4, -0.2) is 37.3 Å². The molecule has 1 atom stereocenters. The maximum absolute atomic E-state index is 12.3. The summed E-state index contributed by atoms with van der Waals surface area (Å²) in [5.74, 6) is -0.435. The molecule has 1 aliphatic rings. The first-order chi connectivity index (χ1) is 10.6. The Bertz CT molecular complexity index is 583. The summed E-state index contributed by atoms with van der Waals surface area (Å²) in [5, 5.41) is 2.69. The van der Waals surface area contributed by atoms with E-state index < -0.39 is 12.0 Å². The number of nitrogens with one attached hydrogen (secondary N) is 1. The van der Waals surface area contributed by atoms with Crippen molar-refractivity contribution in [3.8, 4) is 0 Å². The van der Waals surface area contributed by atoms with Crippen LogP contribution in [0.4, 0.5) is 4.79 Å². The molecule has 6 heteroatoms. The van der Waals surface area contributed by atoms with E-state index in [1.54, 1.807) is 13.8 Å². The molecule has 2 rings (SSSR count). The lowest BCUT2D eigenvalue weighted by Gasteiger charge is -2.37. The SMILES string of the molecule is CCOC(=O)C1=C(C)NC(=O)N(COC)C1c1ccccc1. The van der Waals surface area contributed by atoms with Gasteiger partial charge in [0.15, 0.2) is 0 Å². The Morgan fingerprint density at radius 3 is 2.59 bits per heavy atom. The minimum Gasteiger partial charge on any atom is -0.463 e. The maximum Gasteiger partial charge on any atom is 0.338 e. The minimum atomic E-state index is -0.533. The van der Waals surface area contributed by atoms with E-state index in [0.29, 0.717) is 11.3 Å². The molecular formula is C16H20N2O4. The number of ether oxygens (including phenoxy) is 2. The molecule has 0 aliphatic carbocycles. The Morgan fingerprint density at radius 2 is 2.00 bits per heavy atom. The van der Waals surface area contributed by atoms with Crippen LogP contribution >= 0.6 is 0 Å². The van der Waals surface area contributed by atoms with Crippen LogP contribution in [0.25, 0.3) is 0 Å². The number of urea groups is 1. The van der Waals surface area contributed by atoms with Crippen molar-refractivity contribution in [2.24, 2.45) is 0 Å². The van der Waals surface area contributed by atoms with Crippen molar-refractivity contribution in [2.45, 2.75) is 19.9 Å². The van der Waals surface area contributed by atoms with Gasteiger partial charge in [0.25, 0.3) is 0 Å². The lowest BCUT2D eigenvalue weighted by molar-refractivity contribution is -0.139. The van der Waals surface area contributed by atoms with Gasteiger partial charge in [0.05, 0.1) is 18.2 Å². The highest BCUT2D eigenvalue weighted by atomic mass is 16.5. The number of carbonyl (C=O) groups excluding carboxylic acids is 2. The minimum absolute atomic E-state index is 0.0710. The van der Waals surface area contributed by atoms with Gasteiger partial charge in [-0.3, -0.25) is 4.90 Å². The number of hydrogen-bond donors (Lipinski definition) is 1. The molecular weight excluding hydrogens is 284 g/mol. The summed E-state index contributed by atoms with van der Waals surface area (Å²) in [5.41, 5.74) is 1.76. The van der Waals surface area contributed by atoms with E-state index in [4.69, 9.17) is 9.47 Å². The molecule has 6 nitrogen and oxygen atoms in total. The van der Waals surface area contributed by atoms with Gasteiger partial charge in [-0.2, -0.15) is 0 Å². The largest absolute Gasteiger partial charge is 0.463 e. The van der Waals surface area contributed by atoms with Gasteiger partial charge in [-0.05, 0) is 19.4 Å². The third-order valence-electron chi connectivity index (χ3n) is 3.42. The van der Waals surface area contributed by atoms with Gasteiger partial charge in [-0.25, -0.2) is 9.59 Å². The number of methoxy groups -OCH3 is 1. The number of allylic oxidation sites excluding steroid dienone is 1. The number of benzene rings is 1. The quantitative estimate of drug-likeness (QED) is 0.847. The summed E-state index contributed by atoms with van der Waals surface area (Å²) >= 11 is 0. The zero-order valence-electron chi connectivity index (χ0n) is 13.0. The van der Waals surface area contributed by atoms with Crippen LogP contribution in [-0.2, 0) is 14.3 Å². The van der Waals surface area contributed by atoms with Gasteiger partial charge in [0.2, 0.25) is 0 Å². The molecule has 1 aromatic rings. The monoisotopic (exact) mass is 304 g/mol. The predicted molar refractivity (Wildman–Crippen MR) is 80.8 cm³/mol. The Kier molecular flexibility index (Phi) is 5.16. The highest BCUT2D eigenvalue weighted by Crippen LogP contribution is 2.33. The molecule has 0 saturated carbocycles. The van der Waals surface area contributed by atoms with Crippen molar-refractivity contribution >= 4 is 12.0 Å². The molecule has 1 aliphatic heterocycles. The summed E-state index contributed by atoms with van der Waals surface area (Å²) in [4.78, 5) is 26.1. The van der Waals surface area contributed by atoms with Gasteiger partial charge in [-0.1, -0.05) is 30.3 Å². The van der Waals surface area contributed by atoms with Gasteiger partial charge >= 0.3 is 12.0 Å². The van der Waals surface area contributed by atoms with Crippen LogP contribution in [0.3, 0.4) is 0 Å². The highest BCUT2D eigenvalue weighted by molar-refractivity contribution is 5.95. The summed E-state index contributed by atoms with van der Waals surface area (Å²) in [7, 11) is 1.50. The maximum atomic E-state index is 12.3. The van der Waals surface area contributed by atoms with Gasteiger partial charge in [-0.15, -0.1) is 0 Å². The van der Waals surface area contributed by atoms with Crippen molar-refractivity contribution in [1.82, 2.24) is 10.2 Å². The summed E-state index contributed by atoms with van der Waals surface area (Å²) < 4.78 is 10.3. The molecule has 0 aromatic heterocycles. The molecule has 0 bridgehead atoms. The average Bonchev–Trinajstić information content (AvgIpc) is 2.50. The summed E-state index contributed by atoms with van der Waals surface area (Å²) in [6, 6.07) is 8.52. The van der Waals surface area contributed by atoms with E-state index in [9.17, 15) is 9.59 Å². The van der Waals surface area contributed by atoms with Crippen molar-refractivity contribution in [1.29, 1.82) is 0 Å². The first-order valence-electron chi connectivity index (χ1n) is 7.09.